The summed E-state index contributed by atoms with van der Waals surface area (Å²) < 4.78 is 0. The van der Waals surface area contributed by atoms with Crippen molar-refractivity contribution >= 4 is 11.6 Å². The first-order valence-corrected chi connectivity index (χ1v) is 8.85. The molecule has 0 bridgehead atoms. The highest BCUT2D eigenvalue weighted by Crippen LogP contribution is 2.20. The number of piperidine rings is 1. The number of rotatable bonds is 5. The molecule has 1 amide bonds. The third-order valence-corrected chi connectivity index (χ3v) is 4.64. The van der Waals surface area contributed by atoms with Crippen LogP contribution in [0.25, 0.3) is 0 Å². The fraction of sp³-hybridized carbons (Fsp3) is 0.381. The summed E-state index contributed by atoms with van der Waals surface area (Å²) in [5, 5.41) is 3.11. The van der Waals surface area contributed by atoms with Crippen LogP contribution in [0, 0.1) is 5.92 Å². The van der Waals surface area contributed by atoms with Crippen LogP contribution in [0.3, 0.4) is 0 Å². The van der Waals surface area contributed by atoms with Crippen LogP contribution in [0.5, 0.6) is 0 Å². The summed E-state index contributed by atoms with van der Waals surface area (Å²) in [5.41, 5.74) is 3.34. The van der Waals surface area contributed by atoms with Crippen LogP contribution in [0.4, 0.5) is 5.69 Å². The average molecular weight is 322 g/mol. The van der Waals surface area contributed by atoms with Gasteiger partial charge in [0.25, 0.3) is 0 Å². The Hall–Kier alpha value is -2.13. The summed E-state index contributed by atoms with van der Waals surface area (Å²) in [4.78, 5) is 14.7. The van der Waals surface area contributed by atoms with Crippen molar-refractivity contribution in [1.82, 2.24) is 4.90 Å². The van der Waals surface area contributed by atoms with Gasteiger partial charge in [0.05, 0.1) is 6.54 Å². The second-order valence-electron chi connectivity index (χ2n) is 6.85. The predicted octanol–water partition coefficient (Wildman–Crippen LogP) is 3.95. The Labute approximate surface area is 144 Å². The van der Waals surface area contributed by atoms with Gasteiger partial charge < -0.3 is 5.32 Å². The van der Waals surface area contributed by atoms with E-state index in [0.717, 1.165) is 30.8 Å². The molecular weight excluding hydrogens is 296 g/mol. The van der Waals surface area contributed by atoms with E-state index in [9.17, 15) is 4.79 Å². The molecule has 2 aromatic rings. The van der Waals surface area contributed by atoms with Crippen molar-refractivity contribution in [2.45, 2.75) is 26.2 Å². The fourth-order valence-corrected chi connectivity index (χ4v) is 3.44. The molecule has 126 valence electrons. The Morgan fingerprint density at radius 2 is 1.88 bits per heavy atom. The van der Waals surface area contributed by atoms with Crippen LogP contribution in [-0.4, -0.2) is 30.4 Å². The highest BCUT2D eigenvalue weighted by atomic mass is 16.2. The zero-order valence-electron chi connectivity index (χ0n) is 14.4. The van der Waals surface area contributed by atoms with E-state index >= 15 is 0 Å². The highest BCUT2D eigenvalue weighted by Gasteiger charge is 2.18. The maximum atomic E-state index is 12.4. The monoisotopic (exact) mass is 322 g/mol. The van der Waals surface area contributed by atoms with E-state index in [4.69, 9.17) is 0 Å². The number of nitrogens with one attached hydrogen (secondary N) is 1. The molecule has 1 saturated heterocycles. The Balaban J connectivity index is 1.63. The molecular formula is C21H26N2O. The summed E-state index contributed by atoms with van der Waals surface area (Å²) >= 11 is 0. The minimum atomic E-state index is 0.0876. The Morgan fingerprint density at radius 3 is 2.67 bits per heavy atom. The number of carbonyl (C=O) groups excluding carboxylic acids is 1. The molecule has 1 heterocycles. The fourth-order valence-electron chi connectivity index (χ4n) is 3.44. The van der Waals surface area contributed by atoms with Gasteiger partial charge in [-0.25, -0.2) is 0 Å². The first-order valence-electron chi connectivity index (χ1n) is 8.85. The molecule has 0 radical (unpaired) electrons. The maximum absolute atomic E-state index is 12.4. The molecule has 3 rings (SSSR count). The standard InChI is InChI=1S/C21H26N2O/c1-17-8-7-13-23(15-17)16-21(24)22-20-12-6-5-11-19(20)14-18-9-3-2-4-10-18/h2-6,9-12,17H,7-8,13-16H2,1H3,(H,22,24)/t17-/m1/s1. The zero-order chi connectivity index (χ0) is 16.8. The van der Waals surface area contributed by atoms with E-state index < -0.39 is 0 Å². The first-order chi connectivity index (χ1) is 11.7. The van der Waals surface area contributed by atoms with Crippen LogP contribution in [0.1, 0.15) is 30.9 Å². The molecule has 0 saturated carbocycles. The van der Waals surface area contributed by atoms with Crippen molar-refractivity contribution in [3.63, 3.8) is 0 Å². The highest BCUT2D eigenvalue weighted by molar-refractivity contribution is 5.93. The molecule has 1 N–H and O–H groups in total. The smallest absolute Gasteiger partial charge is 0.238 e. The number of amides is 1. The number of anilines is 1. The predicted molar refractivity (Wildman–Crippen MR) is 99.2 cm³/mol. The minimum absolute atomic E-state index is 0.0876. The quantitative estimate of drug-likeness (QED) is 0.904. The lowest BCUT2D eigenvalue weighted by atomic mass is 10.0. The van der Waals surface area contributed by atoms with Gasteiger partial charge in [0, 0.05) is 12.2 Å². The van der Waals surface area contributed by atoms with E-state index in [1.54, 1.807) is 0 Å². The molecule has 1 aliphatic rings. The number of carbonyl (C=O) groups is 1. The molecule has 24 heavy (non-hydrogen) atoms. The number of hydrogen-bond donors (Lipinski definition) is 1. The number of benzene rings is 2. The van der Waals surface area contributed by atoms with Crippen molar-refractivity contribution in [3.05, 3.63) is 65.7 Å². The van der Waals surface area contributed by atoms with Gasteiger partial charge in [-0.3, -0.25) is 9.69 Å². The molecule has 0 unspecified atom stereocenters. The summed E-state index contributed by atoms with van der Waals surface area (Å²) in [5.74, 6) is 0.779. The van der Waals surface area contributed by atoms with Gasteiger partial charge in [0.1, 0.15) is 0 Å². The zero-order valence-corrected chi connectivity index (χ0v) is 14.4. The maximum Gasteiger partial charge on any atom is 0.238 e. The van der Waals surface area contributed by atoms with Gasteiger partial charge in [-0.05, 0) is 48.9 Å². The van der Waals surface area contributed by atoms with Crippen molar-refractivity contribution in [1.29, 1.82) is 0 Å². The first kappa shape index (κ1) is 16.7. The normalized spacial score (nSPS) is 18.3. The third-order valence-electron chi connectivity index (χ3n) is 4.64. The lowest BCUT2D eigenvalue weighted by Gasteiger charge is -2.30. The van der Waals surface area contributed by atoms with Crippen LogP contribution in [-0.2, 0) is 11.2 Å². The molecule has 0 aromatic heterocycles. The second kappa shape index (κ2) is 8.11. The minimum Gasteiger partial charge on any atom is -0.325 e. The van der Waals surface area contributed by atoms with E-state index in [-0.39, 0.29) is 5.91 Å². The van der Waals surface area contributed by atoms with Gasteiger partial charge in [0.15, 0.2) is 0 Å². The number of nitrogens with zero attached hydrogens (tertiary/aromatic N) is 1. The molecule has 1 aliphatic heterocycles. The van der Waals surface area contributed by atoms with Gasteiger partial charge in [-0.1, -0.05) is 55.5 Å². The molecule has 3 heteroatoms. The molecule has 3 nitrogen and oxygen atoms in total. The van der Waals surface area contributed by atoms with E-state index in [2.05, 4.69) is 35.3 Å². The second-order valence-corrected chi connectivity index (χ2v) is 6.85. The Bertz CT molecular complexity index is 669. The summed E-state index contributed by atoms with van der Waals surface area (Å²) in [6, 6.07) is 18.5. The lowest BCUT2D eigenvalue weighted by molar-refractivity contribution is -0.117. The summed E-state index contributed by atoms with van der Waals surface area (Å²) in [6.07, 6.45) is 3.30. The van der Waals surface area contributed by atoms with E-state index in [1.165, 1.54) is 18.4 Å². The van der Waals surface area contributed by atoms with Gasteiger partial charge in [0.2, 0.25) is 5.91 Å². The summed E-state index contributed by atoms with van der Waals surface area (Å²) in [7, 11) is 0. The number of hydrogen-bond acceptors (Lipinski definition) is 2. The molecule has 1 atom stereocenters. The molecule has 0 aliphatic carbocycles. The Kier molecular flexibility index (Phi) is 5.65. The van der Waals surface area contributed by atoms with Crippen molar-refractivity contribution < 1.29 is 4.79 Å². The van der Waals surface area contributed by atoms with Crippen molar-refractivity contribution in [2.75, 3.05) is 25.0 Å². The van der Waals surface area contributed by atoms with Crippen LogP contribution >= 0.6 is 0 Å². The average Bonchev–Trinajstić information content (AvgIpc) is 2.57. The third kappa shape index (κ3) is 4.68. The topological polar surface area (TPSA) is 32.3 Å². The Morgan fingerprint density at radius 1 is 1.12 bits per heavy atom. The number of likely N-dealkylation sites (tertiary alicyclic amines) is 1. The van der Waals surface area contributed by atoms with Crippen LogP contribution in [0.15, 0.2) is 54.6 Å². The summed E-state index contributed by atoms with van der Waals surface area (Å²) in [6.45, 7) is 4.81. The largest absolute Gasteiger partial charge is 0.325 e. The van der Waals surface area contributed by atoms with Crippen molar-refractivity contribution in [2.24, 2.45) is 5.92 Å². The van der Waals surface area contributed by atoms with E-state index in [1.807, 2.05) is 36.4 Å². The van der Waals surface area contributed by atoms with E-state index in [0.29, 0.717) is 12.5 Å². The van der Waals surface area contributed by atoms with Crippen LogP contribution in [0.2, 0.25) is 0 Å². The van der Waals surface area contributed by atoms with Gasteiger partial charge in [-0.15, -0.1) is 0 Å². The molecule has 1 fully saturated rings. The number of para-hydroxylation sites is 1. The molecule has 2 aromatic carbocycles. The van der Waals surface area contributed by atoms with Crippen molar-refractivity contribution in [3.8, 4) is 0 Å². The van der Waals surface area contributed by atoms with Gasteiger partial charge in [-0.2, -0.15) is 0 Å². The van der Waals surface area contributed by atoms with Crippen LogP contribution < -0.4 is 5.32 Å². The molecule has 0 spiro atoms. The SMILES string of the molecule is C[C@@H]1CCCN(CC(=O)Nc2ccccc2Cc2ccccc2)C1. The lowest BCUT2D eigenvalue weighted by Crippen LogP contribution is -2.39. The van der Waals surface area contributed by atoms with Gasteiger partial charge >= 0.3 is 0 Å².